The van der Waals surface area contributed by atoms with E-state index < -0.39 is 24.5 Å². The van der Waals surface area contributed by atoms with Gasteiger partial charge in [-0.15, -0.1) is 11.3 Å². The van der Waals surface area contributed by atoms with Crippen LogP contribution in [-0.4, -0.2) is 58.9 Å². The summed E-state index contributed by atoms with van der Waals surface area (Å²) >= 11 is 1.49. The van der Waals surface area contributed by atoms with Gasteiger partial charge in [-0.25, -0.2) is 24.1 Å². The van der Waals surface area contributed by atoms with Gasteiger partial charge in [0.25, 0.3) is 0 Å². The number of hydrogen-bond acceptors (Lipinski definition) is 9. The van der Waals surface area contributed by atoms with E-state index in [1.54, 1.807) is 26.8 Å². The van der Waals surface area contributed by atoms with Crippen LogP contribution in [0.3, 0.4) is 0 Å². The zero-order valence-corrected chi connectivity index (χ0v) is 22.9. The summed E-state index contributed by atoms with van der Waals surface area (Å²) in [7, 11) is 0. The average Bonchev–Trinajstić information content (AvgIpc) is 3.31. The van der Waals surface area contributed by atoms with E-state index in [1.807, 2.05) is 24.3 Å². The Labute approximate surface area is 230 Å². The Kier molecular flexibility index (Phi) is 9.81. The van der Waals surface area contributed by atoms with Crippen molar-refractivity contribution in [2.24, 2.45) is 0 Å². The van der Waals surface area contributed by atoms with Crippen LogP contribution in [0.15, 0.2) is 36.7 Å². The van der Waals surface area contributed by atoms with Gasteiger partial charge in [0.05, 0.1) is 15.8 Å². The van der Waals surface area contributed by atoms with Gasteiger partial charge in [0.2, 0.25) is 5.95 Å². The molecule has 2 atom stereocenters. The molecule has 0 aliphatic carbocycles. The van der Waals surface area contributed by atoms with Crippen molar-refractivity contribution >= 4 is 39.7 Å². The highest BCUT2D eigenvalue weighted by atomic mass is 32.1. The molecule has 1 saturated heterocycles. The van der Waals surface area contributed by atoms with Crippen LogP contribution in [0.1, 0.15) is 50.6 Å². The summed E-state index contributed by atoms with van der Waals surface area (Å²) in [5.74, 6) is 6.62. The number of allylic oxidation sites excluding steroid dienone is 1. The van der Waals surface area contributed by atoms with Gasteiger partial charge in [0.15, 0.2) is 6.29 Å². The Morgan fingerprint density at radius 1 is 1.31 bits per heavy atom. The number of anilines is 1. The molecule has 0 bridgehead atoms. The fraction of sp³-hybridized carbons (Fsp3) is 0.429. The van der Waals surface area contributed by atoms with Crippen LogP contribution in [0.4, 0.5) is 15.1 Å². The highest BCUT2D eigenvalue weighted by Crippen LogP contribution is 2.27. The maximum absolute atomic E-state index is 13.4. The SMILES string of the molecule is CC(C)(C)OC(=O)Nc1ncc(C#C/C=C/c2nc3ccc(OCC(CF)OC4CCCCO4)cc3s2)cn1. The first kappa shape index (κ1) is 28.4. The van der Waals surface area contributed by atoms with Gasteiger partial charge < -0.3 is 18.9 Å². The predicted octanol–water partition coefficient (Wildman–Crippen LogP) is 5.76. The molecule has 0 radical (unpaired) electrons. The second kappa shape index (κ2) is 13.5. The zero-order chi connectivity index (χ0) is 27.7. The summed E-state index contributed by atoms with van der Waals surface area (Å²) < 4.78 is 36.6. The largest absolute Gasteiger partial charge is 0.491 e. The summed E-state index contributed by atoms with van der Waals surface area (Å²) in [6.07, 6.45) is 7.68. The number of benzene rings is 1. The molecule has 2 aromatic heterocycles. The first-order chi connectivity index (χ1) is 18.8. The molecule has 0 saturated carbocycles. The summed E-state index contributed by atoms with van der Waals surface area (Å²) in [5.41, 5.74) is 0.807. The van der Waals surface area contributed by atoms with Gasteiger partial charge in [-0.1, -0.05) is 11.8 Å². The fourth-order valence-electron chi connectivity index (χ4n) is 3.52. The lowest BCUT2D eigenvalue weighted by Crippen LogP contribution is -2.32. The third kappa shape index (κ3) is 9.28. The molecule has 1 N–H and O–H groups in total. The highest BCUT2D eigenvalue weighted by Gasteiger charge is 2.21. The second-order valence-corrected chi connectivity index (χ2v) is 10.8. The highest BCUT2D eigenvalue weighted by molar-refractivity contribution is 7.19. The lowest BCUT2D eigenvalue weighted by molar-refractivity contribution is -0.195. The molecule has 0 spiro atoms. The quantitative estimate of drug-likeness (QED) is 0.351. The molecule has 3 aromatic rings. The van der Waals surface area contributed by atoms with Crippen LogP contribution in [0.5, 0.6) is 5.75 Å². The fourth-order valence-corrected chi connectivity index (χ4v) is 4.42. The van der Waals surface area contributed by atoms with E-state index in [-0.39, 0.29) is 18.8 Å². The van der Waals surface area contributed by atoms with E-state index in [2.05, 4.69) is 32.1 Å². The van der Waals surface area contributed by atoms with Crippen molar-refractivity contribution < 1.29 is 28.1 Å². The summed E-state index contributed by atoms with van der Waals surface area (Å²) in [4.78, 5) is 24.5. The minimum absolute atomic E-state index is 0.102. The van der Waals surface area contributed by atoms with Gasteiger partial charge in [0.1, 0.15) is 35.7 Å². The molecule has 9 nitrogen and oxygen atoms in total. The van der Waals surface area contributed by atoms with Crippen LogP contribution in [0.2, 0.25) is 0 Å². The van der Waals surface area contributed by atoms with E-state index in [4.69, 9.17) is 18.9 Å². The van der Waals surface area contributed by atoms with Crippen molar-refractivity contribution in [2.45, 2.75) is 58.0 Å². The molecule has 1 amide bonds. The predicted molar refractivity (Wildman–Crippen MR) is 147 cm³/mol. The number of carbonyl (C=O) groups excluding carboxylic acids is 1. The Balaban J connectivity index is 1.29. The van der Waals surface area contributed by atoms with E-state index in [0.29, 0.717) is 17.9 Å². The molecule has 11 heteroatoms. The van der Waals surface area contributed by atoms with E-state index in [9.17, 15) is 9.18 Å². The molecule has 39 heavy (non-hydrogen) atoms. The number of amides is 1. The van der Waals surface area contributed by atoms with Crippen LogP contribution in [0.25, 0.3) is 16.3 Å². The molecule has 3 heterocycles. The molecule has 1 aliphatic rings. The third-order valence-electron chi connectivity index (χ3n) is 5.26. The zero-order valence-electron chi connectivity index (χ0n) is 22.1. The lowest BCUT2D eigenvalue weighted by atomic mass is 10.2. The van der Waals surface area contributed by atoms with Crippen molar-refractivity contribution in [3.8, 4) is 17.6 Å². The topological polar surface area (TPSA) is 105 Å². The molecule has 1 aromatic carbocycles. The smallest absolute Gasteiger partial charge is 0.414 e. The second-order valence-electron chi connectivity index (χ2n) is 9.73. The van der Waals surface area contributed by atoms with Gasteiger partial charge in [-0.3, -0.25) is 5.32 Å². The van der Waals surface area contributed by atoms with Crippen LogP contribution in [-0.2, 0) is 14.2 Å². The monoisotopic (exact) mass is 554 g/mol. The number of ether oxygens (including phenoxy) is 4. The number of alkyl halides is 1. The van der Waals surface area contributed by atoms with Crippen molar-refractivity contribution in [1.82, 2.24) is 15.0 Å². The molecule has 4 rings (SSSR count). The molecule has 1 aliphatic heterocycles. The summed E-state index contributed by atoms with van der Waals surface area (Å²) in [6.45, 7) is 5.43. The number of carbonyl (C=O) groups is 1. The first-order valence-electron chi connectivity index (χ1n) is 12.6. The Morgan fingerprint density at radius 2 is 2.13 bits per heavy atom. The van der Waals surface area contributed by atoms with Gasteiger partial charge in [0, 0.05) is 19.0 Å². The van der Waals surface area contributed by atoms with Crippen LogP contribution in [0, 0.1) is 11.8 Å². The van der Waals surface area contributed by atoms with Gasteiger partial charge in [-0.05, 0) is 70.4 Å². The van der Waals surface area contributed by atoms with Crippen LogP contribution >= 0.6 is 11.3 Å². The average molecular weight is 555 g/mol. The lowest BCUT2D eigenvalue weighted by Gasteiger charge is -2.26. The van der Waals surface area contributed by atoms with Crippen LogP contribution < -0.4 is 10.1 Å². The number of thiazole rings is 1. The van der Waals surface area contributed by atoms with Gasteiger partial charge in [-0.2, -0.15) is 0 Å². The van der Waals surface area contributed by atoms with Crippen molar-refractivity contribution in [1.29, 1.82) is 0 Å². The van der Waals surface area contributed by atoms with E-state index in [1.165, 1.54) is 23.7 Å². The van der Waals surface area contributed by atoms with E-state index >= 15 is 0 Å². The normalized spacial score (nSPS) is 16.5. The minimum atomic E-state index is -0.676. The number of rotatable bonds is 8. The van der Waals surface area contributed by atoms with Crippen molar-refractivity contribution in [3.63, 3.8) is 0 Å². The number of aromatic nitrogens is 3. The standard InChI is InChI=1S/C28H31FN4O5S/c1-28(2,3)38-27(34)33-26-30-16-19(17-31-26)8-4-5-9-24-32-22-12-11-20(14-23(22)39-24)36-18-21(15-29)37-25-10-6-7-13-35-25/h5,9,11-12,14,16-17,21,25H,6-7,10,13,15,18H2,1-3H3,(H,30,31,33,34)/b9-5+. The van der Waals surface area contributed by atoms with Crippen molar-refractivity contribution in [2.75, 3.05) is 25.2 Å². The number of hydrogen-bond donors (Lipinski definition) is 1. The molecule has 206 valence electrons. The first-order valence-corrected chi connectivity index (χ1v) is 13.5. The van der Waals surface area contributed by atoms with Gasteiger partial charge >= 0.3 is 6.09 Å². The maximum atomic E-state index is 13.4. The maximum Gasteiger partial charge on any atom is 0.414 e. The summed E-state index contributed by atoms with van der Waals surface area (Å²) in [5, 5.41) is 3.26. The number of nitrogens with one attached hydrogen (secondary N) is 1. The third-order valence-corrected chi connectivity index (χ3v) is 6.24. The molecular weight excluding hydrogens is 523 g/mol. The number of fused-ring (bicyclic) bond motifs is 1. The number of halogens is 1. The molecular formula is C28H31FN4O5S. The van der Waals surface area contributed by atoms with Crippen molar-refractivity contribution in [3.05, 3.63) is 47.2 Å². The Bertz CT molecular complexity index is 1340. The minimum Gasteiger partial charge on any atom is -0.491 e. The molecule has 1 fully saturated rings. The molecule has 2 unspecified atom stereocenters. The van der Waals surface area contributed by atoms with E-state index in [0.717, 1.165) is 34.5 Å². The summed E-state index contributed by atoms with van der Waals surface area (Å²) in [6, 6.07) is 5.56. The Hall–Kier alpha value is -3.59. The Morgan fingerprint density at radius 3 is 2.85 bits per heavy atom. The number of nitrogens with zero attached hydrogens (tertiary/aromatic N) is 3.